The van der Waals surface area contributed by atoms with Gasteiger partial charge in [-0.25, -0.2) is 12.7 Å². The number of sulfonamides is 1. The smallest absolute Gasteiger partial charge is 0.255 e. The molecule has 3 saturated heterocycles. The van der Waals surface area contributed by atoms with Crippen LogP contribution in [0.5, 0.6) is 0 Å². The highest BCUT2D eigenvalue weighted by molar-refractivity contribution is 7.90. The highest BCUT2D eigenvalue weighted by Gasteiger charge is 2.45. The van der Waals surface area contributed by atoms with E-state index in [1.165, 1.54) is 5.56 Å². The molecule has 0 spiro atoms. The zero-order chi connectivity index (χ0) is 30.4. The Morgan fingerprint density at radius 3 is 2.21 bits per heavy atom. The molecule has 1 aromatic carbocycles. The van der Waals surface area contributed by atoms with Crippen LogP contribution in [0, 0.1) is 19.8 Å². The predicted octanol–water partition coefficient (Wildman–Crippen LogP) is 4.64. The summed E-state index contributed by atoms with van der Waals surface area (Å²) in [6.45, 7) is 14.5. The summed E-state index contributed by atoms with van der Waals surface area (Å²) in [5.41, 5.74) is 3.99. The third-order valence-electron chi connectivity index (χ3n) is 10.9. The van der Waals surface area contributed by atoms with Crippen molar-refractivity contribution in [1.29, 1.82) is 0 Å². The summed E-state index contributed by atoms with van der Waals surface area (Å²) in [7, 11) is -3.11. The van der Waals surface area contributed by atoms with Crippen LogP contribution < -0.4 is 0 Å². The number of carbonyl (C=O) groups excluding carboxylic acids is 1. The molecule has 1 saturated carbocycles. The monoisotopic (exact) mass is 607 g/mol. The number of amides is 1. The molecule has 9 heteroatoms. The summed E-state index contributed by atoms with van der Waals surface area (Å²) >= 11 is 0. The average molecular weight is 608 g/mol. The van der Waals surface area contributed by atoms with Crippen LogP contribution in [0.25, 0.3) is 0 Å². The second-order valence-corrected chi connectivity index (χ2v) is 16.0. The van der Waals surface area contributed by atoms with Gasteiger partial charge in [-0.2, -0.15) is 0 Å². The van der Waals surface area contributed by atoms with E-state index in [1.54, 1.807) is 10.5 Å². The van der Waals surface area contributed by atoms with Crippen molar-refractivity contribution < 1.29 is 13.2 Å². The first-order valence-electron chi connectivity index (χ1n) is 16.3. The number of piperazine rings is 1. The third-order valence-corrected chi connectivity index (χ3v) is 13.3. The summed E-state index contributed by atoms with van der Waals surface area (Å²) in [4.78, 5) is 25.2. The molecule has 4 heterocycles. The molecule has 1 aliphatic carbocycles. The van der Waals surface area contributed by atoms with Gasteiger partial charge in [0.05, 0.1) is 16.5 Å². The van der Waals surface area contributed by atoms with Gasteiger partial charge in [-0.15, -0.1) is 0 Å². The maximum Gasteiger partial charge on any atom is 0.255 e. The number of hydrogen-bond acceptors (Lipinski definition) is 6. The Morgan fingerprint density at radius 2 is 1.60 bits per heavy atom. The van der Waals surface area contributed by atoms with Crippen molar-refractivity contribution in [1.82, 2.24) is 24.0 Å². The molecule has 2 atom stereocenters. The molecule has 1 aromatic heterocycles. The molecule has 4 aliphatic rings. The van der Waals surface area contributed by atoms with Crippen LogP contribution in [-0.4, -0.2) is 101 Å². The van der Waals surface area contributed by atoms with E-state index < -0.39 is 10.0 Å². The highest BCUT2D eigenvalue weighted by atomic mass is 32.2. The van der Waals surface area contributed by atoms with Gasteiger partial charge in [0.25, 0.3) is 5.91 Å². The molecule has 1 amide bonds. The molecule has 234 valence electrons. The van der Waals surface area contributed by atoms with Crippen molar-refractivity contribution in [2.45, 2.75) is 89.1 Å². The van der Waals surface area contributed by atoms with Gasteiger partial charge >= 0.3 is 0 Å². The fourth-order valence-corrected chi connectivity index (χ4v) is 9.84. The number of aryl methyl sites for hydroxylation is 2. The highest BCUT2D eigenvalue weighted by Crippen LogP contribution is 2.41. The number of nitrogens with zero attached hydrogens (tertiary/aromatic N) is 5. The number of hydrogen-bond donors (Lipinski definition) is 0. The van der Waals surface area contributed by atoms with E-state index in [1.807, 2.05) is 24.8 Å². The van der Waals surface area contributed by atoms with Gasteiger partial charge in [-0.05, 0) is 89.3 Å². The molecule has 0 bridgehead atoms. The lowest BCUT2D eigenvalue weighted by molar-refractivity contribution is -0.0421. The number of aromatic nitrogens is 1. The maximum atomic E-state index is 13.4. The zero-order valence-corrected chi connectivity index (χ0v) is 27.2. The van der Waals surface area contributed by atoms with Crippen molar-refractivity contribution in [3.63, 3.8) is 0 Å². The van der Waals surface area contributed by atoms with Crippen LogP contribution in [0.1, 0.15) is 85.6 Å². The van der Waals surface area contributed by atoms with Gasteiger partial charge in [0.2, 0.25) is 10.0 Å². The molecule has 0 N–H and O–H groups in total. The van der Waals surface area contributed by atoms with Crippen LogP contribution in [0.4, 0.5) is 0 Å². The molecule has 0 radical (unpaired) electrons. The van der Waals surface area contributed by atoms with Gasteiger partial charge in [0.1, 0.15) is 0 Å². The minimum atomic E-state index is -3.11. The number of carbonyl (C=O) groups is 1. The summed E-state index contributed by atoms with van der Waals surface area (Å²) in [6.07, 6.45) is 7.20. The van der Waals surface area contributed by atoms with Crippen molar-refractivity contribution >= 4 is 15.9 Å². The zero-order valence-electron chi connectivity index (χ0n) is 26.4. The molecule has 3 aliphatic heterocycles. The van der Waals surface area contributed by atoms with E-state index in [-0.39, 0.29) is 16.7 Å². The summed E-state index contributed by atoms with van der Waals surface area (Å²) in [5.74, 6) is 0.552. The first kappa shape index (κ1) is 30.7. The molecule has 4 fully saturated rings. The quantitative estimate of drug-likeness (QED) is 0.457. The lowest BCUT2D eigenvalue weighted by atomic mass is 9.82. The molecular formula is C34H49N5O3S. The van der Waals surface area contributed by atoms with E-state index in [0.29, 0.717) is 31.1 Å². The SMILES string of the molecule is Cc1ccnc(C)c1C(=O)N1CCC(C)(N2CCN(C(c3ccccc3)C3CCN(S(=O)(=O)C4CC4)CC3)C(C)C2)CC1. The Labute approximate surface area is 258 Å². The van der Waals surface area contributed by atoms with Crippen molar-refractivity contribution in [3.8, 4) is 0 Å². The minimum Gasteiger partial charge on any atom is -0.338 e. The number of rotatable bonds is 7. The summed E-state index contributed by atoms with van der Waals surface area (Å²) in [6, 6.07) is 13.5. The first-order chi connectivity index (χ1) is 20.6. The van der Waals surface area contributed by atoms with Gasteiger partial charge in [0.15, 0.2) is 0 Å². The third kappa shape index (κ3) is 6.15. The molecule has 2 unspecified atom stereocenters. The standard InChI is InChI=1S/C34H49N5O3S/c1-25-12-17-35-27(3)31(25)33(40)36-20-15-34(4,16-21-36)37-22-23-39(26(2)24-37)32(28-8-6-5-7-9-28)29-13-18-38(19-14-29)43(41,42)30-10-11-30/h5-9,12,17,26,29-30,32H,10-11,13-16,18-24H2,1-4H3. The largest absolute Gasteiger partial charge is 0.338 e. The topological polar surface area (TPSA) is 77.1 Å². The number of piperidine rings is 2. The van der Waals surface area contributed by atoms with Gasteiger partial charge < -0.3 is 4.90 Å². The van der Waals surface area contributed by atoms with E-state index in [9.17, 15) is 13.2 Å². The number of pyridine rings is 1. The van der Waals surface area contributed by atoms with Gasteiger partial charge in [-0.1, -0.05) is 30.3 Å². The first-order valence-corrected chi connectivity index (χ1v) is 17.8. The predicted molar refractivity (Wildman–Crippen MR) is 170 cm³/mol. The van der Waals surface area contributed by atoms with Crippen LogP contribution in [-0.2, 0) is 10.0 Å². The molecular weight excluding hydrogens is 558 g/mol. The molecule has 8 nitrogen and oxygen atoms in total. The Hall–Kier alpha value is -2.33. The lowest BCUT2D eigenvalue weighted by Crippen LogP contribution is -2.63. The number of likely N-dealkylation sites (tertiary alicyclic amines) is 1. The van der Waals surface area contributed by atoms with Crippen LogP contribution in [0.15, 0.2) is 42.6 Å². The van der Waals surface area contributed by atoms with E-state index >= 15 is 0 Å². The van der Waals surface area contributed by atoms with E-state index in [2.05, 4.69) is 59.0 Å². The van der Waals surface area contributed by atoms with Crippen LogP contribution in [0.3, 0.4) is 0 Å². The van der Waals surface area contributed by atoms with Crippen molar-refractivity contribution in [2.75, 3.05) is 45.8 Å². The van der Waals surface area contributed by atoms with Gasteiger partial charge in [-0.3, -0.25) is 19.6 Å². The fourth-order valence-electron chi connectivity index (χ4n) is 7.97. The summed E-state index contributed by atoms with van der Waals surface area (Å²) < 4.78 is 27.6. The maximum absolute atomic E-state index is 13.4. The summed E-state index contributed by atoms with van der Waals surface area (Å²) in [5, 5.41) is -0.128. The Kier molecular flexibility index (Phi) is 8.72. The van der Waals surface area contributed by atoms with Crippen LogP contribution >= 0.6 is 0 Å². The van der Waals surface area contributed by atoms with Gasteiger partial charge in [0, 0.05) is 69.6 Å². The number of benzene rings is 1. The van der Waals surface area contributed by atoms with Crippen LogP contribution in [0.2, 0.25) is 0 Å². The second-order valence-electron chi connectivity index (χ2n) is 13.7. The van der Waals surface area contributed by atoms with Crippen molar-refractivity contribution in [2.24, 2.45) is 5.92 Å². The second kappa shape index (κ2) is 12.2. The van der Waals surface area contributed by atoms with Crippen molar-refractivity contribution in [3.05, 3.63) is 65.0 Å². The molecule has 43 heavy (non-hydrogen) atoms. The normalized spacial score (nSPS) is 25.5. The fraction of sp³-hybridized carbons (Fsp3) is 0.647. The van der Waals surface area contributed by atoms with E-state index in [0.717, 1.165) is 88.1 Å². The molecule has 2 aromatic rings. The Balaban J connectivity index is 1.11. The minimum absolute atomic E-state index is 0.0703. The van der Waals surface area contributed by atoms with E-state index in [4.69, 9.17) is 0 Å². The Bertz CT molecular complexity index is 1380. The Morgan fingerprint density at radius 1 is 0.930 bits per heavy atom. The molecule has 6 rings (SSSR count). The lowest BCUT2D eigenvalue weighted by Gasteiger charge is -2.54. The average Bonchev–Trinajstić information content (AvgIpc) is 3.86.